The molecule has 2 rings (SSSR count). The van der Waals surface area contributed by atoms with Crippen LogP contribution in [-0.4, -0.2) is 5.11 Å². The molecule has 0 aliphatic heterocycles. The SMILES string of the molecule is Fc1ccc(CNC(=S)Nc2ccc(Cl)cc2)cc1Br. The van der Waals surface area contributed by atoms with Crippen LogP contribution in [0.5, 0.6) is 0 Å². The van der Waals surface area contributed by atoms with E-state index in [9.17, 15) is 4.39 Å². The normalized spacial score (nSPS) is 10.2. The number of hydrogen-bond acceptors (Lipinski definition) is 1. The molecule has 0 fully saturated rings. The minimum absolute atomic E-state index is 0.282. The lowest BCUT2D eigenvalue weighted by atomic mass is 10.2. The van der Waals surface area contributed by atoms with E-state index in [1.807, 2.05) is 12.1 Å². The Hall–Kier alpha value is -1.17. The first-order valence-corrected chi connectivity index (χ1v) is 7.37. The van der Waals surface area contributed by atoms with Gasteiger partial charge in [0, 0.05) is 17.3 Å². The van der Waals surface area contributed by atoms with E-state index in [2.05, 4.69) is 26.6 Å². The number of hydrogen-bond donors (Lipinski definition) is 2. The highest BCUT2D eigenvalue weighted by Gasteiger charge is 2.02. The molecule has 0 radical (unpaired) electrons. The Kier molecular flexibility index (Phi) is 5.34. The standard InChI is InChI=1S/C14H11BrClFN2S/c15-12-7-9(1-6-13(12)17)8-18-14(20)19-11-4-2-10(16)3-5-11/h1-7H,8H2,(H2,18,19,20). The molecule has 0 unspecified atom stereocenters. The molecule has 2 nitrogen and oxygen atoms in total. The molecule has 0 amide bonds. The van der Waals surface area contributed by atoms with Gasteiger partial charge in [0.05, 0.1) is 4.47 Å². The lowest BCUT2D eigenvalue weighted by molar-refractivity contribution is 0.620. The summed E-state index contributed by atoms with van der Waals surface area (Å²) < 4.78 is 13.5. The highest BCUT2D eigenvalue weighted by molar-refractivity contribution is 9.10. The average molecular weight is 374 g/mol. The van der Waals surface area contributed by atoms with Gasteiger partial charge >= 0.3 is 0 Å². The second-order valence-corrected chi connectivity index (χ2v) is 5.76. The van der Waals surface area contributed by atoms with Crippen LogP contribution < -0.4 is 10.6 Å². The van der Waals surface area contributed by atoms with Crippen molar-refractivity contribution in [3.63, 3.8) is 0 Å². The molecule has 0 aromatic heterocycles. The second kappa shape index (κ2) is 7.02. The summed E-state index contributed by atoms with van der Waals surface area (Å²) in [6, 6.07) is 12.1. The third-order valence-electron chi connectivity index (χ3n) is 2.54. The first-order valence-electron chi connectivity index (χ1n) is 5.79. The van der Waals surface area contributed by atoms with E-state index in [-0.39, 0.29) is 5.82 Å². The molecule has 20 heavy (non-hydrogen) atoms. The summed E-state index contributed by atoms with van der Waals surface area (Å²) in [4.78, 5) is 0. The maximum absolute atomic E-state index is 13.1. The van der Waals surface area contributed by atoms with Crippen LogP contribution in [0, 0.1) is 5.82 Å². The Morgan fingerprint density at radius 1 is 1.20 bits per heavy atom. The van der Waals surface area contributed by atoms with Gasteiger partial charge < -0.3 is 10.6 Å². The molecule has 0 bridgehead atoms. The van der Waals surface area contributed by atoms with Gasteiger partial charge in [-0.1, -0.05) is 17.7 Å². The molecule has 0 aliphatic carbocycles. The molecule has 104 valence electrons. The zero-order valence-corrected chi connectivity index (χ0v) is 13.4. The Balaban J connectivity index is 1.88. The topological polar surface area (TPSA) is 24.1 Å². The van der Waals surface area contributed by atoms with Crippen LogP contribution in [0.25, 0.3) is 0 Å². The molecule has 6 heteroatoms. The summed E-state index contributed by atoms with van der Waals surface area (Å²) in [5.41, 5.74) is 1.78. The van der Waals surface area contributed by atoms with E-state index in [0.29, 0.717) is 21.2 Å². The van der Waals surface area contributed by atoms with Crippen LogP contribution in [0.15, 0.2) is 46.9 Å². The number of halogens is 3. The second-order valence-electron chi connectivity index (χ2n) is 4.06. The van der Waals surface area contributed by atoms with Crippen LogP contribution in [0.3, 0.4) is 0 Å². The number of nitrogens with one attached hydrogen (secondary N) is 2. The van der Waals surface area contributed by atoms with Crippen molar-refractivity contribution >= 4 is 50.5 Å². The maximum atomic E-state index is 13.1. The van der Waals surface area contributed by atoms with Gasteiger partial charge in [0.15, 0.2) is 5.11 Å². The number of anilines is 1. The molecule has 0 heterocycles. The fourth-order valence-electron chi connectivity index (χ4n) is 1.54. The third kappa shape index (κ3) is 4.44. The van der Waals surface area contributed by atoms with Crippen molar-refractivity contribution in [1.29, 1.82) is 0 Å². The molecule has 0 saturated carbocycles. The fraction of sp³-hybridized carbons (Fsp3) is 0.0714. The highest BCUT2D eigenvalue weighted by atomic mass is 79.9. The number of rotatable bonds is 3. The summed E-state index contributed by atoms with van der Waals surface area (Å²) in [7, 11) is 0. The third-order valence-corrected chi connectivity index (χ3v) is 3.65. The summed E-state index contributed by atoms with van der Waals surface area (Å²) in [5.74, 6) is -0.282. The van der Waals surface area contributed by atoms with Gasteiger partial charge in [-0.15, -0.1) is 0 Å². The van der Waals surface area contributed by atoms with Crippen LogP contribution in [0.4, 0.5) is 10.1 Å². The minimum Gasteiger partial charge on any atom is -0.358 e. The Labute approximate surface area is 135 Å². The smallest absolute Gasteiger partial charge is 0.171 e. The molecular weight excluding hydrogens is 363 g/mol. The molecule has 0 atom stereocenters. The lowest BCUT2D eigenvalue weighted by Gasteiger charge is -2.11. The van der Waals surface area contributed by atoms with Crippen molar-refractivity contribution in [2.45, 2.75) is 6.54 Å². The van der Waals surface area contributed by atoms with Crippen molar-refractivity contribution in [3.05, 3.63) is 63.3 Å². The Bertz CT molecular complexity index is 619. The van der Waals surface area contributed by atoms with E-state index in [0.717, 1.165) is 11.3 Å². The Morgan fingerprint density at radius 2 is 1.90 bits per heavy atom. The first-order chi connectivity index (χ1) is 9.54. The van der Waals surface area contributed by atoms with E-state index < -0.39 is 0 Å². The summed E-state index contributed by atoms with van der Waals surface area (Å²) in [5, 5.41) is 7.26. The fourth-order valence-corrected chi connectivity index (χ4v) is 2.28. The van der Waals surface area contributed by atoms with Gasteiger partial charge in [-0.3, -0.25) is 0 Å². The quantitative estimate of drug-likeness (QED) is 0.761. The lowest BCUT2D eigenvalue weighted by Crippen LogP contribution is -2.27. The summed E-state index contributed by atoms with van der Waals surface area (Å²) in [6.07, 6.45) is 0. The van der Waals surface area contributed by atoms with Crippen LogP contribution in [-0.2, 0) is 6.54 Å². The van der Waals surface area contributed by atoms with E-state index in [1.54, 1.807) is 24.3 Å². The van der Waals surface area contributed by atoms with Crippen molar-refractivity contribution in [3.8, 4) is 0 Å². The highest BCUT2D eigenvalue weighted by Crippen LogP contribution is 2.17. The van der Waals surface area contributed by atoms with Crippen molar-refractivity contribution in [2.75, 3.05) is 5.32 Å². The van der Waals surface area contributed by atoms with Crippen LogP contribution in [0.1, 0.15) is 5.56 Å². The molecule has 2 N–H and O–H groups in total. The predicted octanol–water partition coefficient (Wildman–Crippen LogP) is 4.73. The molecule has 0 aliphatic rings. The van der Waals surface area contributed by atoms with Gasteiger partial charge in [0.2, 0.25) is 0 Å². The number of benzene rings is 2. The van der Waals surface area contributed by atoms with Gasteiger partial charge in [-0.25, -0.2) is 4.39 Å². The number of thiocarbonyl (C=S) groups is 1. The minimum atomic E-state index is -0.282. The van der Waals surface area contributed by atoms with Crippen LogP contribution >= 0.6 is 39.7 Å². The van der Waals surface area contributed by atoms with Gasteiger partial charge in [-0.05, 0) is 70.1 Å². The molecule has 2 aromatic rings. The first kappa shape index (κ1) is 15.2. The van der Waals surface area contributed by atoms with Gasteiger partial charge in [0.1, 0.15) is 5.82 Å². The molecule has 0 spiro atoms. The van der Waals surface area contributed by atoms with Crippen LogP contribution in [0.2, 0.25) is 5.02 Å². The van der Waals surface area contributed by atoms with Gasteiger partial charge in [-0.2, -0.15) is 0 Å². The van der Waals surface area contributed by atoms with E-state index >= 15 is 0 Å². The largest absolute Gasteiger partial charge is 0.358 e. The van der Waals surface area contributed by atoms with Gasteiger partial charge in [0.25, 0.3) is 0 Å². The molecular formula is C14H11BrClFN2S. The zero-order chi connectivity index (χ0) is 14.5. The van der Waals surface area contributed by atoms with E-state index in [4.69, 9.17) is 23.8 Å². The monoisotopic (exact) mass is 372 g/mol. The average Bonchev–Trinajstić information content (AvgIpc) is 2.43. The van der Waals surface area contributed by atoms with Crippen molar-refractivity contribution in [2.24, 2.45) is 0 Å². The molecule has 2 aromatic carbocycles. The predicted molar refractivity (Wildman–Crippen MR) is 88.6 cm³/mol. The van der Waals surface area contributed by atoms with Crippen molar-refractivity contribution < 1.29 is 4.39 Å². The Morgan fingerprint density at radius 3 is 2.55 bits per heavy atom. The summed E-state index contributed by atoms with van der Waals surface area (Å²) >= 11 is 14.1. The molecule has 0 saturated heterocycles. The van der Waals surface area contributed by atoms with E-state index in [1.165, 1.54) is 6.07 Å². The summed E-state index contributed by atoms with van der Waals surface area (Å²) in [6.45, 7) is 0.512. The zero-order valence-electron chi connectivity index (χ0n) is 10.3. The maximum Gasteiger partial charge on any atom is 0.171 e. The van der Waals surface area contributed by atoms with Crippen molar-refractivity contribution in [1.82, 2.24) is 5.32 Å².